The van der Waals surface area contributed by atoms with Crippen molar-refractivity contribution in [2.45, 2.75) is 17.9 Å². The Morgan fingerprint density at radius 2 is 1.63 bits per heavy atom. The summed E-state index contributed by atoms with van der Waals surface area (Å²) in [4.78, 5) is 38.1. The highest BCUT2D eigenvalue weighted by Gasteiger charge is 2.68. The summed E-state index contributed by atoms with van der Waals surface area (Å²) in [6, 6.07) is 4.25. The SMILES string of the molecule is CN(C)C(=O)CN(CN1C(=O)NC(c2ccccc2)(C(F)(F)F)C1=O)CC(F)(F)F. The van der Waals surface area contributed by atoms with Gasteiger partial charge in [0, 0.05) is 14.1 Å². The average molecular weight is 440 g/mol. The van der Waals surface area contributed by atoms with Crippen molar-refractivity contribution in [3.8, 4) is 0 Å². The second kappa shape index (κ2) is 8.13. The van der Waals surface area contributed by atoms with Crippen LogP contribution >= 0.6 is 0 Å². The molecule has 0 aliphatic carbocycles. The number of carbonyl (C=O) groups excluding carboxylic acids is 3. The number of imide groups is 1. The van der Waals surface area contributed by atoms with Crippen molar-refractivity contribution in [1.82, 2.24) is 20.0 Å². The minimum Gasteiger partial charge on any atom is -0.348 e. The van der Waals surface area contributed by atoms with Crippen LogP contribution in [0.5, 0.6) is 0 Å². The summed E-state index contributed by atoms with van der Waals surface area (Å²) < 4.78 is 80.4. The van der Waals surface area contributed by atoms with Crippen molar-refractivity contribution < 1.29 is 40.7 Å². The van der Waals surface area contributed by atoms with Crippen LogP contribution < -0.4 is 5.32 Å². The van der Waals surface area contributed by atoms with Gasteiger partial charge in [-0.3, -0.25) is 14.5 Å². The van der Waals surface area contributed by atoms with Crippen molar-refractivity contribution in [3.63, 3.8) is 0 Å². The molecule has 1 fully saturated rings. The van der Waals surface area contributed by atoms with E-state index in [4.69, 9.17) is 0 Å². The number of hydrogen-bond acceptors (Lipinski definition) is 4. The van der Waals surface area contributed by atoms with Gasteiger partial charge in [0.2, 0.25) is 11.4 Å². The van der Waals surface area contributed by atoms with Crippen LogP contribution in [0.1, 0.15) is 5.56 Å². The van der Waals surface area contributed by atoms with Gasteiger partial charge in [-0.2, -0.15) is 26.3 Å². The number of likely N-dealkylation sites (N-methyl/N-ethyl adjacent to an activating group) is 1. The fourth-order valence-electron chi connectivity index (χ4n) is 2.89. The standard InChI is InChI=1S/C17H18F6N4O3/c1-25(2)12(28)8-26(9-15(18,19)20)10-27-13(29)16(17(21,22)23,24-14(27)30)11-6-4-3-5-7-11/h3-7H,8-10H2,1-2H3,(H,24,30). The highest BCUT2D eigenvalue weighted by atomic mass is 19.4. The number of alkyl halides is 6. The molecule has 0 spiro atoms. The van der Waals surface area contributed by atoms with Gasteiger partial charge in [-0.25, -0.2) is 9.69 Å². The predicted octanol–water partition coefficient (Wildman–Crippen LogP) is 1.91. The molecule has 1 saturated heterocycles. The fourth-order valence-corrected chi connectivity index (χ4v) is 2.89. The van der Waals surface area contributed by atoms with Gasteiger partial charge in [-0.05, 0) is 5.56 Å². The monoisotopic (exact) mass is 440 g/mol. The van der Waals surface area contributed by atoms with Crippen LogP contribution in [0.2, 0.25) is 0 Å². The molecule has 0 radical (unpaired) electrons. The Balaban J connectivity index is 2.40. The summed E-state index contributed by atoms with van der Waals surface area (Å²) in [6.45, 7) is -3.74. The summed E-state index contributed by atoms with van der Waals surface area (Å²) in [5.74, 6) is -2.58. The van der Waals surface area contributed by atoms with Gasteiger partial charge >= 0.3 is 18.4 Å². The van der Waals surface area contributed by atoms with Crippen LogP contribution in [0.25, 0.3) is 0 Å². The third-order valence-corrected chi connectivity index (χ3v) is 4.34. The van der Waals surface area contributed by atoms with Crippen LogP contribution in [0.15, 0.2) is 30.3 Å². The van der Waals surface area contributed by atoms with Crippen LogP contribution in [-0.2, 0) is 15.1 Å². The minimum atomic E-state index is -5.27. The summed E-state index contributed by atoms with van der Waals surface area (Å²) in [5.41, 5.74) is -4.04. The maximum absolute atomic E-state index is 13.9. The molecule has 30 heavy (non-hydrogen) atoms. The van der Waals surface area contributed by atoms with Gasteiger partial charge < -0.3 is 10.2 Å². The van der Waals surface area contributed by atoms with E-state index in [-0.39, 0.29) is 4.90 Å². The zero-order valence-corrected chi connectivity index (χ0v) is 15.8. The van der Waals surface area contributed by atoms with Crippen molar-refractivity contribution in [3.05, 3.63) is 35.9 Å². The number of halogens is 6. The lowest BCUT2D eigenvalue weighted by Gasteiger charge is -2.31. The quantitative estimate of drug-likeness (QED) is 0.542. The van der Waals surface area contributed by atoms with Gasteiger partial charge in [-0.15, -0.1) is 0 Å². The lowest BCUT2D eigenvalue weighted by atomic mass is 9.89. The summed E-state index contributed by atoms with van der Waals surface area (Å²) >= 11 is 0. The van der Waals surface area contributed by atoms with E-state index < -0.39 is 61.1 Å². The van der Waals surface area contributed by atoms with Crippen molar-refractivity contribution in [2.24, 2.45) is 0 Å². The number of amides is 4. The molecule has 4 amide bonds. The number of hydrogen-bond donors (Lipinski definition) is 1. The highest BCUT2D eigenvalue weighted by Crippen LogP contribution is 2.43. The zero-order valence-electron chi connectivity index (χ0n) is 15.8. The third-order valence-electron chi connectivity index (χ3n) is 4.34. The first-order chi connectivity index (χ1) is 13.7. The number of benzene rings is 1. The lowest BCUT2D eigenvalue weighted by molar-refractivity contribution is -0.199. The second-order valence-electron chi connectivity index (χ2n) is 6.81. The normalized spacial score (nSPS) is 20.0. The van der Waals surface area contributed by atoms with Crippen molar-refractivity contribution in [1.29, 1.82) is 0 Å². The molecule has 0 saturated carbocycles. The summed E-state index contributed by atoms with van der Waals surface area (Å²) in [6.07, 6.45) is -10.1. The summed E-state index contributed by atoms with van der Waals surface area (Å²) in [5, 5.41) is 1.58. The molecule has 0 aromatic heterocycles. The van der Waals surface area contributed by atoms with E-state index >= 15 is 0 Å². The molecule has 1 aliphatic rings. The van der Waals surface area contributed by atoms with Crippen molar-refractivity contribution >= 4 is 17.8 Å². The molecule has 7 nitrogen and oxygen atoms in total. The van der Waals surface area contributed by atoms with Crippen LogP contribution in [0.4, 0.5) is 31.1 Å². The molecule has 1 N–H and O–H groups in total. The Morgan fingerprint density at radius 3 is 2.10 bits per heavy atom. The molecular weight excluding hydrogens is 422 g/mol. The molecule has 166 valence electrons. The zero-order chi connectivity index (χ0) is 22.9. The fraction of sp³-hybridized carbons (Fsp3) is 0.471. The molecule has 1 atom stereocenters. The smallest absolute Gasteiger partial charge is 0.348 e. The predicted molar refractivity (Wildman–Crippen MR) is 90.7 cm³/mol. The first-order valence-electron chi connectivity index (χ1n) is 8.44. The summed E-state index contributed by atoms with van der Waals surface area (Å²) in [7, 11) is 2.54. The molecule has 0 bridgehead atoms. The number of urea groups is 1. The Morgan fingerprint density at radius 1 is 1.07 bits per heavy atom. The lowest BCUT2D eigenvalue weighted by Crippen LogP contribution is -2.56. The number of rotatable bonds is 6. The number of nitrogens with zero attached hydrogens (tertiary/aromatic N) is 3. The average Bonchev–Trinajstić information content (AvgIpc) is 2.86. The Bertz CT molecular complexity index is 812. The third kappa shape index (κ3) is 4.66. The van der Waals surface area contributed by atoms with E-state index in [0.29, 0.717) is 4.90 Å². The molecule has 13 heteroatoms. The van der Waals surface area contributed by atoms with Gasteiger partial charge in [0.05, 0.1) is 19.8 Å². The topological polar surface area (TPSA) is 73.0 Å². The van der Waals surface area contributed by atoms with Gasteiger partial charge in [0.25, 0.3) is 5.91 Å². The molecule has 1 aromatic rings. The van der Waals surface area contributed by atoms with E-state index in [1.165, 1.54) is 32.3 Å². The van der Waals surface area contributed by atoms with Crippen molar-refractivity contribution in [2.75, 3.05) is 33.9 Å². The van der Waals surface area contributed by atoms with Gasteiger partial charge in [-0.1, -0.05) is 30.3 Å². The van der Waals surface area contributed by atoms with E-state index in [0.717, 1.165) is 17.0 Å². The van der Waals surface area contributed by atoms with Crippen LogP contribution in [-0.4, -0.2) is 78.8 Å². The van der Waals surface area contributed by atoms with E-state index in [1.54, 1.807) is 5.32 Å². The first kappa shape index (κ1) is 23.4. The van der Waals surface area contributed by atoms with E-state index in [1.807, 2.05) is 0 Å². The van der Waals surface area contributed by atoms with Crippen LogP contribution in [0, 0.1) is 0 Å². The van der Waals surface area contributed by atoms with Crippen LogP contribution in [0.3, 0.4) is 0 Å². The Kier molecular flexibility index (Phi) is 6.35. The largest absolute Gasteiger partial charge is 0.425 e. The maximum Gasteiger partial charge on any atom is 0.425 e. The number of nitrogens with one attached hydrogen (secondary N) is 1. The molecule has 1 heterocycles. The Hall–Kier alpha value is -2.83. The van der Waals surface area contributed by atoms with Gasteiger partial charge in [0.1, 0.15) is 0 Å². The maximum atomic E-state index is 13.9. The number of carbonyl (C=O) groups is 3. The molecular formula is C17H18F6N4O3. The molecule has 1 unspecified atom stereocenters. The highest BCUT2D eigenvalue weighted by molar-refractivity contribution is 6.08. The van der Waals surface area contributed by atoms with Gasteiger partial charge in [0.15, 0.2) is 0 Å². The Labute approximate surface area is 167 Å². The second-order valence-corrected chi connectivity index (χ2v) is 6.81. The molecule has 1 aromatic carbocycles. The molecule has 2 rings (SSSR count). The van der Waals surface area contributed by atoms with E-state index in [2.05, 4.69) is 0 Å². The first-order valence-corrected chi connectivity index (χ1v) is 8.44. The molecule has 1 aliphatic heterocycles. The minimum absolute atomic E-state index is 0.0230. The van der Waals surface area contributed by atoms with E-state index in [9.17, 15) is 40.7 Å².